The first kappa shape index (κ1) is 9.43. The zero-order chi connectivity index (χ0) is 9.97. The van der Waals surface area contributed by atoms with E-state index < -0.39 is 0 Å². The third-order valence-electron chi connectivity index (χ3n) is 1.69. The molecule has 0 aliphatic heterocycles. The van der Waals surface area contributed by atoms with Gasteiger partial charge in [-0.05, 0) is 12.1 Å². The Morgan fingerprint density at radius 1 is 1.29 bits per heavy atom. The number of nitrogens with zero attached hydrogens (tertiary/aromatic N) is 1. The number of nitrogens with two attached hydrogens (primary N) is 1. The first-order chi connectivity index (χ1) is 6.77. The molecule has 0 amide bonds. The lowest BCUT2D eigenvalue weighted by Gasteiger charge is -2.01. The van der Waals surface area contributed by atoms with Crippen LogP contribution in [-0.4, -0.2) is 10.2 Å². The molecule has 0 fully saturated rings. The molecule has 0 aliphatic rings. The molecule has 1 aromatic heterocycles. The van der Waals surface area contributed by atoms with Crippen LogP contribution in [0.1, 0.15) is 0 Å². The van der Waals surface area contributed by atoms with Gasteiger partial charge in [0, 0.05) is 4.90 Å². The molecule has 1 heterocycles. The first-order valence-corrected chi connectivity index (χ1v) is 5.18. The number of halogens is 1. The number of nitrogen functional groups attached to an aromatic ring is 1. The van der Waals surface area contributed by atoms with Crippen molar-refractivity contribution in [3.8, 4) is 0 Å². The SMILES string of the molecule is Nc1[nH]ncc1Sc1ccccc1Cl. The van der Waals surface area contributed by atoms with Gasteiger partial charge < -0.3 is 5.73 Å². The second-order valence-electron chi connectivity index (χ2n) is 2.68. The van der Waals surface area contributed by atoms with Crippen molar-refractivity contribution >= 4 is 29.2 Å². The van der Waals surface area contributed by atoms with E-state index in [4.69, 9.17) is 17.3 Å². The number of aromatic amines is 1. The van der Waals surface area contributed by atoms with Crippen LogP contribution in [0, 0.1) is 0 Å². The van der Waals surface area contributed by atoms with Gasteiger partial charge in [0.25, 0.3) is 0 Å². The maximum atomic E-state index is 6.00. The Kier molecular flexibility index (Phi) is 2.65. The highest BCUT2D eigenvalue weighted by Crippen LogP contribution is 2.34. The number of hydrogen-bond donors (Lipinski definition) is 2. The van der Waals surface area contributed by atoms with Crippen LogP contribution in [0.5, 0.6) is 0 Å². The molecule has 0 spiro atoms. The maximum Gasteiger partial charge on any atom is 0.133 e. The third kappa shape index (κ3) is 1.86. The highest BCUT2D eigenvalue weighted by Gasteiger charge is 2.05. The predicted octanol–water partition coefficient (Wildman–Crippen LogP) is 2.80. The summed E-state index contributed by atoms with van der Waals surface area (Å²) in [6.45, 7) is 0. The lowest BCUT2D eigenvalue weighted by atomic mass is 10.4. The molecule has 14 heavy (non-hydrogen) atoms. The number of anilines is 1. The largest absolute Gasteiger partial charge is 0.383 e. The summed E-state index contributed by atoms with van der Waals surface area (Å²) in [6, 6.07) is 7.62. The molecule has 0 radical (unpaired) electrons. The Bertz CT molecular complexity index is 441. The average molecular weight is 226 g/mol. The predicted molar refractivity (Wildman–Crippen MR) is 58.6 cm³/mol. The van der Waals surface area contributed by atoms with Crippen LogP contribution >= 0.6 is 23.4 Å². The fraction of sp³-hybridized carbons (Fsp3) is 0. The van der Waals surface area contributed by atoms with Gasteiger partial charge in [0.15, 0.2) is 0 Å². The summed E-state index contributed by atoms with van der Waals surface area (Å²) in [5, 5.41) is 7.23. The van der Waals surface area contributed by atoms with E-state index in [-0.39, 0.29) is 0 Å². The van der Waals surface area contributed by atoms with E-state index in [9.17, 15) is 0 Å². The van der Waals surface area contributed by atoms with Crippen molar-refractivity contribution in [2.75, 3.05) is 5.73 Å². The highest BCUT2D eigenvalue weighted by molar-refractivity contribution is 7.99. The minimum Gasteiger partial charge on any atom is -0.383 e. The topological polar surface area (TPSA) is 54.7 Å². The van der Waals surface area contributed by atoms with E-state index in [1.54, 1.807) is 6.20 Å². The van der Waals surface area contributed by atoms with Gasteiger partial charge in [0.1, 0.15) is 5.82 Å². The molecule has 1 aromatic carbocycles. The average Bonchev–Trinajstić information content (AvgIpc) is 2.56. The Morgan fingerprint density at radius 2 is 2.07 bits per heavy atom. The van der Waals surface area contributed by atoms with E-state index in [2.05, 4.69) is 10.2 Å². The Hall–Kier alpha value is -1.13. The van der Waals surface area contributed by atoms with Crippen LogP contribution in [0.2, 0.25) is 5.02 Å². The minimum atomic E-state index is 0.565. The standard InChI is InChI=1S/C9H8ClN3S/c10-6-3-1-2-4-7(6)14-8-5-12-13-9(8)11/h1-5H,(H3,11,12,13). The van der Waals surface area contributed by atoms with Crippen molar-refractivity contribution in [1.29, 1.82) is 0 Å². The number of aromatic nitrogens is 2. The number of hydrogen-bond acceptors (Lipinski definition) is 3. The molecule has 0 bridgehead atoms. The summed E-state index contributed by atoms with van der Waals surface area (Å²) in [7, 11) is 0. The zero-order valence-electron chi connectivity index (χ0n) is 7.20. The van der Waals surface area contributed by atoms with Crippen LogP contribution in [0.4, 0.5) is 5.82 Å². The van der Waals surface area contributed by atoms with Gasteiger partial charge in [-0.3, -0.25) is 5.10 Å². The quantitative estimate of drug-likeness (QED) is 0.827. The van der Waals surface area contributed by atoms with Crippen molar-refractivity contribution in [1.82, 2.24) is 10.2 Å². The summed E-state index contributed by atoms with van der Waals surface area (Å²) in [5.41, 5.74) is 5.66. The molecular formula is C9H8ClN3S. The molecule has 2 aromatic rings. The molecule has 5 heteroatoms. The minimum absolute atomic E-state index is 0.565. The van der Waals surface area contributed by atoms with Gasteiger partial charge in [-0.15, -0.1) is 0 Å². The molecule has 0 saturated heterocycles. The molecule has 0 aliphatic carbocycles. The zero-order valence-corrected chi connectivity index (χ0v) is 8.77. The van der Waals surface area contributed by atoms with Crippen LogP contribution in [-0.2, 0) is 0 Å². The summed E-state index contributed by atoms with van der Waals surface area (Å²) in [6.07, 6.45) is 1.68. The molecule has 2 rings (SSSR count). The second kappa shape index (κ2) is 3.94. The van der Waals surface area contributed by atoms with Gasteiger partial charge >= 0.3 is 0 Å². The molecule has 0 unspecified atom stereocenters. The van der Waals surface area contributed by atoms with Crippen molar-refractivity contribution < 1.29 is 0 Å². The lowest BCUT2D eigenvalue weighted by molar-refractivity contribution is 1.10. The molecule has 0 atom stereocenters. The van der Waals surface area contributed by atoms with E-state index >= 15 is 0 Å². The van der Waals surface area contributed by atoms with Crippen LogP contribution < -0.4 is 5.73 Å². The van der Waals surface area contributed by atoms with Crippen LogP contribution in [0.15, 0.2) is 40.3 Å². The number of rotatable bonds is 2. The fourth-order valence-electron chi connectivity index (χ4n) is 1.01. The fourth-order valence-corrected chi connectivity index (χ4v) is 2.07. The van der Waals surface area contributed by atoms with E-state index in [1.807, 2.05) is 24.3 Å². The Morgan fingerprint density at radius 3 is 2.71 bits per heavy atom. The van der Waals surface area contributed by atoms with E-state index in [1.165, 1.54) is 11.8 Å². The lowest BCUT2D eigenvalue weighted by Crippen LogP contribution is -1.85. The van der Waals surface area contributed by atoms with Crippen molar-refractivity contribution in [3.63, 3.8) is 0 Å². The summed E-state index contributed by atoms with van der Waals surface area (Å²) in [5.74, 6) is 0.565. The monoisotopic (exact) mass is 225 g/mol. The number of H-pyrrole nitrogens is 1. The molecule has 0 saturated carbocycles. The van der Waals surface area contributed by atoms with Gasteiger partial charge in [-0.2, -0.15) is 5.10 Å². The van der Waals surface area contributed by atoms with Crippen molar-refractivity contribution in [3.05, 3.63) is 35.5 Å². The summed E-state index contributed by atoms with van der Waals surface area (Å²) < 4.78 is 0. The Balaban J connectivity index is 2.28. The molecule has 3 N–H and O–H groups in total. The number of nitrogens with one attached hydrogen (secondary N) is 1. The molecule has 72 valence electrons. The summed E-state index contributed by atoms with van der Waals surface area (Å²) >= 11 is 7.50. The van der Waals surface area contributed by atoms with Crippen LogP contribution in [0.3, 0.4) is 0 Å². The van der Waals surface area contributed by atoms with Crippen molar-refractivity contribution in [2.45, 2.75) is 9.79 Å². The van der Waals surface area contributed by atoms with Gasteiger partial charge in [-0.1, -0.05) is 35.5 Å². The first-order valence-electron chi connectivity index (χ1n) is 3.98. The highest BCUT2D eigenvalue weighted by atomic mass is 35.5. The molecular weight excluding hydrogens is 218 g/mol. The van der Waals surface area contributed by atoms with Crippen LogP contribution in [0.25, 0.3) is 0 Å². The van der Waals surface area contributed by atoms with E-state index in [0.29, 0.717) is 5.82 Å². The van der Waals surface area contributed by atoms with Gasteiger partial charge in [-0.25, -0.2) is 0 Å². The van der Waals surface area contributed by atoms with E-state index in [0.717, 1.165) is 14.8 Å². The third-order valence-corrected chi connectivity index (χ3v) is 3.25. The second-order valence-corrected chi connectivity index (χ2v) is 4.17. The van der Waals surface area contributed by atoms with Gasteiger partial charge in [0.2, 0.25) is 0 Å². The van der Waals surface area contributed by atoms with Gasteiger partial charge in [0.05, 0.1) is 16.1 Å². The summed E-state index contributed by atoms with van der Waals surface area (Å²) in [4.78, 5) is 1.86. The molecule has 3 nitrogen and oxygen atoms in total. The van der Waals surface area contributed by atoms with Crippen molar-refractivity contribution in [2.24, 2.45) is 0 Å². The normalized spacial score (nSPS) is 10.4. The smallest absolute Gasteiger partial charge is 0.133 e. The maximum absolute atomic E-state index is 6.00. The Labute approximate surface area is 90.7 Å². The number of benzene rings is 1.